The average Bonchev–Trinajstić information content (AvgIpc) is 2.49. The highest BCUT2D eigenvalue weighted by molar-refractivity contribution is 5.93. The summed E-state index contributed by atoms with van der Waals surface area (Å²) >= 11 is 0. The van der Waals surface area contributed by atoms with E-state index in [1.807, 2.05) is 13.8 Å². The summed E-state index contributed by atoms with van der Waals surface area (Å²) in [6.45, 7) is 9.02. The molecule has 130 valence electrons. The monoisotopic (exact) mass is 334 g/mol. The molecule has 0 aliphatic heterocycles. The smallest absolute Gasteiger partial charge is 0.421 e. The zero-order valence-electron chi connectivity index (χ0n) is 13.5. The third kappa shape index (κ3) is 5.80. The molecule has 8 heteroatoms. The standard InChI is InChI=1S/C13H15F3N2O3.C2H6/c1-4-5-7(2)21-11-8(13(14,15)16)6-9(17)10(18-11)12(19)20-3;1-2/h4,6-7H,1,5,17H2,2-3H3;1-2H3. The molecule has 1 atom stereocenters. The van der Waals surface area contributed by atoms with Crippen LogP contribution in [0.3, 0.4) is 0 Å². The van der Waals surface area contributed by atoms with E-state index in [9.17, 15) is 18.0 Å². The van der Waals surface area contributed by atoms with Crippen molar-refractivity contribution in [2.75, 3.05) is 12.8 Å². The molecule has 5 nitrogen and oxygen atoms in total. The maximum atomic E-state index is 13.0. The summed E-state index contributed by atoms with van der Waals surface area (Å²) in [6, 6.07) is 0.606. The van der Waals surface area contributed by atoms with Crippen LogP contribution < -0.4 is 10.5 Å². The number of aromatic nitrogens is 1. The maximum absolute atomic E-state index is 13.0. The Labute approximate surface area is 133 Å². The number of carbonyl (C=O) groups excluding carboxylic acids is 1. The second kappa shape index (κ2) is 9.02. The minimum atomic E-state index is -4.71. The van der Waals surface area contributed by atoms with Gasteiger partial charge >= 0.3 is 12.1 Å². The third-order valence-corrected chi connectivity index (χ3v) is 2.51. The summed E-state index contributed by atoms with van der Waals surface area (Å²) in [5, 5.41) is 0. The largest absolute Gasteiger partial charge is 0.474 e. The van der Waals surface area contributed by atoms with Gasteiger partial charge in [0.15, 0.2) is 5.69 Å². The Kier molecular flexibility index (Phi) is 8.13. The van der Waals surface area contributed by atoms with Gasteiger partial charge in [0.25, 0.3) is 0 Å². The number of halogens is 3. The van der Waals surface area contributed by atoms with Crippen molar-refractivity contribution in [3.63, 3.8) is 0 Å². The molecule has 0 spiro atoms. The van der Waals surface area contributed by atoms with E-state index in [-0.39, 0.29) is 0 Å². The summed E-state index contributed by atoms with van der Waals surface area (Å²) in [6.07, 6.45) is -3.49. The Morgan fingerprint density at radius 3 is 2.48 bits per heavy atom. The number of nitrogen functional groups attached to an aromatic ring is 1. The van der Waals surface area contributed by atoms with Gasteiger partial charge in [0.2, 0.25) is 5.88 Å². The second-order valence-electron chi connectivity index (χ2n) is 4.22. The van der Waals surface area contributed by atoms with E-state index in [4.69, 9.17) is 10.5 Å². The first-order valence-electron chi connectivity index (χ1n) is 6.94. The molecule has 0 bridgehead atoms. The fraction of sp³-hybridized carbons (Fsp3) is 0.467. The van der Waals surface area contributed by atoms with Crippen LogP contribution in [-0.2, 0) is 10.9 Å². The van der Waals surface area contributed by atoms with E-state index in [0.717, 1.165) is 7.11 Å². The molecule has 0 saturated heterocycles. The highest BCUT2D eigenvalue weighted by atomic mass is 19.4. The van der Waals surface area contributed by atoms with Crippen LogP contribution in [0.2, 0.25) is 0 Å². The van der Waals surface area contributed by atoms with Crippen molar-refractivity contribution < 1.29 is 27.4 Å². The molecule has 0 aromatic carbocycles. The first-order chi connectivity index (χ1) is 10.7. The van der Waals surface area contributed by atoms with Gasteiger partial charge in [-0.1, -0.05) is 19.9 Å². The van der Waals surface area contributed by atoms with Gasteiger partial charge in [-0.2, -0.15) is 13.2 Å². The van der Waals surface area contributed by atoms with Crippen LogP contribution in [0.25, 0.3) is 0 Å². The van der Waals surface area contributed by atoms with Gasteiger partial charge in [0, 0.05) is 6.42 Å². The highest BCUT2D eigenvalue weighted by Gasteiger charge is 2.37. The van der Waals surface area contributed by atoms with Crippen LogP contribution >= 0.6 is 0 Å². The lowest BCUT2D eigenvalue weighted by Crippen LogP contribution is -2.19. The molecule has 1 heterocycles. The van der Waals surface area contributed by atoms with E-state index >= 15 is 0 Å². The summed E-state index contributed by atoms with van der Waals surface area (Å²) < 4.78 is 48.5. The van der Waals surface area contributed by atoms with Crippen LogP contribution in [-0.4, -0.2) is 24.2 Å². The zero-order valence-corrected chi connectivity index (χ0v) is 13.5. The van der Waals surface area contributed by atoms with Crippen molar-refractivity contribution in [1.29, 1.82) is 0 Å². The van der Waals surface area contributed by atoms with Crippen molar-refractivity contribution in [3.05, 3.63) is 30.0 Å². The van der Waals surface area contributed by atoms with Crippen LogP contribution in [0.1, 0.15) is 43.2 Å². The van der Waals surface area contributed by atoms with Gasteiger partial charge in [-0.05, 0) is 13.0 Å². The molecule has 0 amide bonds. The van der Waals surface area contributed by atoms with Crippen molar-refractivity contribution in [2.24, 2.45) is 0 Å². The number of hydrogen-bond acceptors (Lipinski definition) is 5. The van der Waals surface area contributed by atoms with E-state index in [1.165, 1.54) is 6.08 Å². The minimum absolute atomic E-state index is 0.316. The SMILES string of the molecule is C=CCC(C)Oc1nc(C(=O)OC)c(N)cc1C(F)(F)F.CC. The Morgan fingerprint density at radius 2 is 2.04 bits per heavy atom. The second-order valence-corrected chi connectivity index (χ2v) is 4.22. The Bertz CT molecular complexity index is 546. The number of hydrogen-bond donors (Lipinski definition) is 1. The lowest BCUT2D eigenvalue weighted by atomic mass is 10.2. The Hall–Kier alpha value is -2.25. The minimum Gasteiger partial charge on any atom is -0.474 e. The van der Waals surface area contributed by atoms with Gasteiger partial charge in [0.1, 0.15) is 11.7 Å². The maximum Gasteiger partial charge on any atom is 0.421 e. The number of methoxy groups -OCH3 is 1. The first-order valence-corrected chi connectivity index (χ1v) is 6.94. The molecule has 23 heavy (non-hydrogen) atoms. The lowest BCUT2D eigenvalue weighted by molar-refractivity contribution is -0.139. The number of esters is 1. The van der Waals surface area contributed by atoms with Crippen LogP contribution in [0.5, 0.6) is 5.88 Å². The zero-order chi connectivity index (χ0) is 18.2. The predicted octanol–water partition coefficient (Wildman–Crippen LogP) is 3.84. The molecule has 0 aliphatic rings. The molecule has 1 aromatic heterocycles. The average molecular weight is 334 g/mol. The molecule has 0 radical (unpaired) electrons. The van der Waals surface area contributed by atoms with Gasteiger partial charge in [-0.25, -0.2) is 9.78 Å². The predicted molar refractivity (Wildman–Crippen MR) is 81.2 cm³/mol. The number of nitrogens with zero attached hydrogens (tertiary/aromatic N) is 1. The first kappa shape index (κ1) is 20.8. The van der Waals surface area contributed by atoms with Gasteiger partial charge in [-0.3, -0.25) is 0 Å². The number of anilines is 1. The lowest BCUT2D eigenvalue weighted by Gasteiger charge is -2.18. The van der Waals surface area contributed by atoms with E-state index < -0.39 is 41.1 Å². The number of alkyl halides is 3. The van der Waals surface area contributed by atoms with E-state index in [2.05, 4.69) is 16.3 Å². The quantitative estimate of drug-likeness (QED) is 0.654. The molecule has 0 aliphatic carbocycles. The summed E-state index contributed by atoms with van der Waals surface area (Å²) in [5.41, 5.74) is 3.41. The molecule has 1 aromatic rings. The fourth-order valence-electron chi connectivity index (χ4n) is 1.54. The normalized spacial score (nSPS) is 11.8. The van der Waals surface area contributed by atoms with Crippen molar-refractivity contribution in [3.8, 4) is 5.88 Å². The van der Waals surface area contributed by atoms with Crippen LogP contribution in [0, 0.1) is 0 Å². The molecular weight excluding hydrogens is 313 g/mol. The Balaban J connectivity index is 0.00000232. The number of pyridine rings is 1. The molecule has 0 fully saturated rings. The topological polar surface area (TPSA) is 74.4 Å². The molecule has 1 unspecified atom stereocenters. The fourth-order valence-corrected chi connectivity index (χ4v) is 1.54. The number of carbonyl (C=O) groups is 1. The van der Waals surface area contributed by atoms with E-state index in [1.54, 1.807) is 6.92 Å². The number of ether oxygens (including phenoxy) is 2. The van der Waals surface area contributed by atoms with Crippen molar-refractivity contribution >= 4 is 11.7 Å². The van der Waals surface area contributed by atoms with Crippen LogP contribution in [0.15, 0.2) is 18.7 Å². The van der Waals surface area contributed by atoms with Gasteiger partial charge in [-0.15, -0.1) is 6.58 Å². The molecular formula is C15H21F3N2O3. The Morgan fingerprint density at radius 1 is 1.48 bits per heavy atom. The van der Waals surface area contributed by atoms with Crippen molar-refractivity contribution in [1.82, 2.24) is 4.98 Å². The summed E-state index contributed by atoms with van der Waals surface area (Å²) in [5.74, 6) is -1.66. The van der Waals surface area contributed by atoms with E-state index in [0.29, 0.717) is 12.5 Å². The molecule has 2 N–H and O–H groups in total. The number of rotatable bonds is 5. The molecule has 0 saturated carbocycles. The summed E-state index contributed by atoms with van der Waals surface area (Å²) in [4.78, 5) is 15.0. The molecule has 1 rings (SSSR count). The van der Waals surface area contributed by atoms with Gasteiger partial charge in [0.05, 0.1) is 12.8 Å². The number of nitrogens with two attached hydrogens (primary N) is 1. The highest BCUT2D eigenvalue weighted by Crippen LogP contribution is 2.37. The van der Waals surface area contributed by atoms with Crippen LogP contribution in [0.4, 0.5) is 18.9 Å². The third-order valence-electron chi connectivity index (χ3n) is 2.51. The van der Waals surface area contributed by atoms with Crippen molar-refractivity contribution in [2.45, 2.75) is 39.5 Å². The van der Waals surface area contributed by atoms with Gasteiger partial charge < -0.3 is 15.2 Å². The summed E-state index contributed by atoms with van der Waals surface area (Å²) in [7, 11) is 1.07.